The van der Waals surface area contributed by atoms with Crippen molar-refractivity contribution in [3.8, 4) is 0 Å². The van der Waals surface area contributed by atoms with E-state index in [1.54, 1.807) is 0 Å². The summed E-state index contributed by atoms with van der Waals surface area (Å²) in [7, 11) is 0. The summed E-state index contributed by atoms with van der Waals surface area (Å²) in [5, 5.41) is 8.76. The Kier molecular flexibility index (Phi) is 3.94. The zero-order valence-electron chi connectivity index (χ0n) is 9.64. The van der Waals surface area contributed by atoms with Crippen molar-refractivity contribution in [2.75, 3.05) is 6.61 Å². The minimum atomic E-state index is 0.327. The second kappa shape index (κ2) is 4.79. The molecule has 80 valence electrons. The Bertz CT molecular complexity index is 250. The molecule has 1 aliphatic carbocycles. The molecule has 0 amide bonds. The SMILES string of the molecule is CC1=CC(C)(CCCCO)CC(C)=C1. The van der Waals surface area contributed by atoms with E-state index < -0.39 is 0 Å². The molecule has 0 saturated carbocycles. The van der Waals surface area contributed by atoms with Crippen molar-refractivity contribution >= 4 is 0 Å². The van der Waals surface area contributed by atoms with Gasteiger partial charge >= 0.3 is 0 Å². The third kappa shape index (κ3) is 3.30. The summed E-state index contributed by atoms with van der Waals surface area (Å²) in [6, 6.07) is 0. The van der Waals surface area contributed by atoms with Crippen LogP contribution in [0, 0.1) is 5.41 Å². The molecule has 1 unspecified atom stereocenters. The highest BCUT2D eigenvalue weighted by Crippen LogP contribution is 2.37. The normalized spacial score (nSPS) is 27.1. The van der Waals surface area contributed by atoms with E-state index in [1.165, 1.54) is 24.0 Å². The van der Waals surface area contributed by atoms with E-state index in [9.17, 15) is 0 Å². The van der Waals surface area contributed by atoms with Gasteiger partial charge in [0.25, 0.3) is 0 Å². The van der Waals surface area contributed by atoms with Crippen molar-refractivity contribution in [3.05, 3.63) is 23.3 Å². The second-order valence-electron chi connectivity index (χ2n) is 4.89. The van der Waals surface area contributed by atoms with Crippen molar-refractivity contribution in [2.24, 2.45) is 5.41 Å². The van der Waals surface area contributed by atoms with Gasteiger partial charge in [0.2, 0.25) is 0 Å². The Morgan fingerprint density at radius 1 is 1.36 bits per heavy atom. The quantitative estimate of drug-likeness (QED) is 0.680. The minimum absolute atomic E-state index is 0.327. The summed E-state index contributed by atoms with van der Waals surface area (Å²) >= 11 is 0. The maximum Gasteiger partial charge on any atom is 0.0431 e. The van der Waals surface area contributed by atoms with E-state index in [-0.39, 0.29) is 0 Å². The monoisotopic (exact) mass is 194 g/mol. The number of aliphatic hydroxyl groups is 1. The standard InChI is InChI=1S/C13H22O/c1-11-8-12(2)10-13(3,9-11)6-4-5-7-14/h8-9,14H,4-7,10H2,1-3H3. The van der Waals surface area contributed by atoms with Crippen LogP contribution in [0.2, 0.25) is 0 Å². The van der Waals surface area contributed by atoms with Gasteiger partial charge in [-0.05, 0) is 38.5 Å². The van der Waals surface area contributed by atoms with Gasteiger partial charge in [-0.2, -0.15) is 0 Å². The fourth-order valence-corrected chi connectivity index (χ4v) is 2.52. The van der Waals surface area contributed by atoms with E-state index in [2.05, 4.69) is 32.9 Å². The van der Waals surface area contributed by atoms with Crippen molar-refractivity contribution < 1.29 is 5.11 Å². The molecule has 1 aliphatic rings. The molecule has 0 aliphatic heterocycles. The Hall–Kier alpha value is -0.560. The third-order valence-electron chi connectivity index (χ3n) is 2.89. The van der Waals surface area contributed by atoms with Crippen LogP contribution in [-0.2, 0) is 0 Å². The van der Waals surface area contributed by atoms with Gasteiger partial charge in [0.15, 0.2) is 0 Å². The van der Waals surface area contributed by atoms with E-state index in [1.807, 2.05) is 0 Å². The summed E-state index contributed by atoms with van der Waals surface area (Å²) < 4.78 is 0. The molecule has 0 aromatic carbocycles. The molecule has 0 aromatic rings. The third-order valence-corrected chi connectivity index (χ3v) is 2.89. The topological polar surface area (TPSA) is 20.2 Å². The van der Waals surface area contributed by atoms with E-state index in [0.29, 0.717) is 12.0 Å². The lowest BCUT2D eigenvalue weighted by atomic mass is 9.75. The van der Waals surface area contributed by atoms with Gasteiger partial charge in [0.1, 0.15) is 0 Å². The van der Waals surface area contributed by atoms with Gasteiger partial charge in [0, 0.05) is 6.61 Å². The highest BCUT2D eigenvalue weighted by molar-refractivity contribution is 5.29. The first-order valence-corrected chi connectivity index (χ1v) is 5.53. The maximum atomic E-state index is 8.76. The van der Waals surface area contributed by atoms with Gasteiger partial charge in [-0.15, -0.1) is 0 Å². The van der Waals surface area contributed by atoms with Crippen LogP contribution in [0.1, 0.15) is 46.5 Å². The number of allylic oxidation sites excluding steroid dienone is 4. The molecule has 1 nitrogen and oxygen atoms in total. The van der Waals surface area contributed by atoms with Crippen LogP contribution >= 0.6 is 0 Å². The first-order chi connectivity index (χ1) is 6.56. The van der Waals surface area contributed by atoms with Gasteiger partial charge in [-0.25, -0.2) is 0 Å². The fraction of sp³-hybridized carbons (Fsp3) is 0.692. The summed E-state index contributed by atoms with van der Waals surface area (Å²) in [6.45, 7) is 7.03. The van der Waals surface area contributed by atoms with Crippen LogP contribution in [0.4, 0.5) is 0 Å². The average molecular weight is 194 g/mol. The molecule has 0 radical (unpaired) electrons. The number of hydrogen-bond acceptors (Lipinski definition) is 1. The molecule has 0 fully saturated rings. The molecule has 14 heavy (non-hydrogen) atoms. The molecule has 0 spiro atoms. The molecule has 1 atom stereocenters. The summed E-state index contributed by atoms with van der Waals surface area (Å²) in [5.74, 6) is 0. The number of unbranched alkanes of at least 4 members (excludes halogenated alkanes) is 1. The first-order valence-electron chi connectivity index (χ1n) is 5.53. The highest BCUT2D eigenvalue weighted by Gasteiger charge is 2.23. The lowest BCUT2D eigenvalue weighted by Gasteiger charge is -2.30. The Balaban J connectivity index is 2.54. The van der Waals surface area contributed by atoms with E-state index in [0.717, 1.165) is 12.8 Å². The first kappa shape index (κ1) is 11.5. The molecule has 0 saturated heterocycles. The summed E-state index contributed by atoms with van der Waals surface area (Å²) in [6.07, 6.45) is 9.09. The Morgan fingerprint density at radius 3 is 2.64 bits per heavy atom. The van der Waals surface area contributed by atoms with Gasteiger partial charge in [0.05, 0.1) is 0 Å². The Labute approximate surface area is 87.5 Å². The average Bonchev–Trinajstić information content (AvgIpc) is 2.01. The molecular weight excluding hydrogens is 172 g/mol. The largest absolute Gasteiger partial charge is 0.396 e. The molecular formula is C13H22O. The fourth-order valence-electron chi connectivity index (χ4n) is 2.52. The van der Waals surface area contributed by atoms with Gasteiger partial charge in [-0.3, -0.25) is 0 Å². The Morgan fingerprint density at radius 2 is 2.07 bits per heavy atom. The van der Waals surface area contributed by atoms with E-state index in [4.69, 9.17) is 5.11 Å². The number of rotatable bonds is 4. The predicted molar refractivity (Wildman–Crippen MR) is 61.2 cm³/mol. The van der Waals surface area contributed by atoms with Crippen molar-refractivity contribution in [2.45, 2.75) is 46.5 Å². The van der Waals surface area contributed by atoms with Crippen molar-refractivity contribution in [1.29, 1.82) is 0 Å². The zero-order chi connectivity index (χ0) is 10.6. The summed E-state index contributed by atoms with van der Waals surface area (Å²) in [4.78, 5) is 0. The van der Waals surface area contributed by atoms with Gasteiger partial charge < -0.3 is 5.11 Å². The lowest BCUT2D eigenvalue weighted by molar-refractivity contribution is 0.268. The van der Waals surface area contributed by atoms with Crippen LogP contribution in [0.15, 0.2) is 23.3 Å². The summed E-state index contributed by atoms with van der Waals surface area (Å²) in [5.41, 5.74) is 3.20. The molecule has 1 rings (SSSR count). The highest BCUT2D eigenvalue weighted by atomic mass is 16.2. The van der Waals surface area contributed by atoms with Crippen molar-refractivity contribution in [3.63, 3.8) is 0 Å². The predicted octanol–water partition coefficient (Wildman–Crippen LogP) is 3.45. The zero-order valence-corrected chi connectivity index (χ0v) is 9.64. The van der Waals surface area contributed by atoms with Crippen LogP contribution in [0.25, 0.3) is 0 Å². The van der Waals surface area contributed by atoms with Crippen molar-refractivity contribution in [1.82, 2.24) is 0 Å². The molecule has 1 N–H and O–H groups in total. The maximum absolute atomic E-state index is 8.76. The lowest BCUT2D eigenvalue weighted by Crippen LogP contribution is -2.17. The molecule has 0 heterocycles. The number of aliphatic hydroxyl groups excluding tert-OH is 1. The molecule has 0 bridgehead atoms. The van der Waals surface area contributed by atoms with Gasteiger partial charge in [-0.1, -0.05) is 36.6 Å². The second-order valence-corrected chi connectivity index (χ2v) is 4.89. The van der Waals surface area contributed by atoms with Crippen LogP contribution in [-0.4, -0.2) is 11.7 Å². The minimum Gasteiger partial charge on any atom is -0.396 e. The smallest absolute Gasteiger partial charge is 0.0431 e. The van der Waals surface area contributed by atoms with Crippen LogP contribution in [0.3, 0.4) is 0 Å². The van der Waals surface area contributed by atoms with Crippen LogP contribution < -0.4 is 0 Å². The molecule has 1 heteroatoms. The van der Waals surface area contributed by atoms with E-state index >= 15 is 0 Å². The molecule has 0 aromatic heterocycles. The van der Waals surface area contributed by atoms with Crippen LogP contribution in [0.5, 0.6) is 0 Å². The number of hydrogen-bond donors (Lipinski definition) is 1.